The van der Waals surface area contributed by atoms with Gasteiger partial charge in [-0.1, -0.05) is 30.3 Å². The van der Waals surface area contributed by atoms with E-state index in [9.17, 15) is 9.90 Å². The summed E-state index contributed by atoms with van der Waals surface area (Å²) >= 11 is 0. The van der Waals surface area contributed by atoms with E-state index in [0.717, 1.165) is 18.4 Å². The highest BCUT2D eigenvalue weighted by atomic mass is 16.5. The van der Waals surface area contributed by atoms with Gasteiger partial charge in [0.15, 0.2) is 0 Å². The van der Waals surface area contributed by atoms with Crippen molar-refractivity contribution in [2.75, 3.05) is 6.54 Å². The number of rotatable bonds is 5. The summed E-state index contributed by atoms with van der Waals surface area (Å²) in [6.07, 6.45) is 1.55. The summed E-state index contributed by atoms with van der Waals surface area (Å²) in [5.74, 6) is -0.0652. The van der Waals surface area contributed by atoms with Crippen molar-refractivity contribution >= 4 is 5.91 Å². The molecule has 4 heteroatoms. The zero-order valence-corrected chi connectivity index (χ0v) is 11.2. The van der Waals surface area contributed by atoms with Crippen molar-refractivity contribution in [3.05, 3.63) is 35.9 Å². The van der Waals surface area contributed by atoms with Gasteiger partial charge in [0.2, 0.25) is 5.91 Å². The Kier molecular flexibility index (Phi) is 4.93. The summed E-state index contributed by atoms with van der Waals surface area (Å²) in [4.78, 5) is 11.8. The second-order valence-corrected chi connectivity index (χ2v) is 5.02. The van der Waals surface area contributed by atoms with Crippen LogP contribution in [0.4, 0.5) is 0 Å². The molecule has 4 nitrogen and oxygen atoms in total. The molecule has 1 aliphatic rings. The first-order valence-electron chi connectivity index (χ1n) is 6.83. The van der Waals surface area contributed by atoms with Crippen LogP contribution in [-0.4, -0.2) is 29.8 Å². The van der Waals surface area contributed by atoms with Gasteiger partial charge in [-0.25, -0.2) is 0 Å². The minimum Gasteiger partial charge on any atom is -0.388 e. The molecule has 3 unspecified atom stereocenters. The van der Waals surface area contributed by atoms with Gasteiger partial charge in [0.05, 0.1) is 12.2 Å². The van der Waals surface area contributed by atoms with Gasteiger partial charge in [-0.05, 0) is 31.7 Å². The Morgan fingerprint density at radius 3 is 2.79 bits per heavy atom. The van der Waals surface area contributed by atoms with Crippen LogP contribution < -0.4 is 5.32 Å². The summed E-state index contributed by atoms with van der Waals surface area (Å²) in [5, 5.41) is 12.8. The van der Waals surface area contributed by atoms with Crippen LogP contribution >= 0.6 is 0 Å². The lowest BCUT2D eigenvalue weighted by molar-refractivity contribution is -0.131. The number of amides is 1. The van der Waals surface area contributed by atoms with Gasteiger partial charge in [-0.2, -0.15) is 0 Å². The fraction of sp³-hybridized carbons (Fsp3) is 0.533. The fourth-order valence-electron chi connectivity index (χ4n) is 2.28. The average molecular weight is 263 g/mol. The first-order chi connectivity index (χ1) is 9.16. The van der Waals surface area contributed by atoms with Gasteiger partial charge in [0.1, 0.15) is 6.10 Å². The van der Waals surface area contributed by atoms with E-state index in [1.807, 2.05) is 37.3 Å². The molecule has 1 heterocycles. The monoisotopic (exact) mass is 263 g/mol. The van der Waals surface area contributed by atoms with Gasteiger partial charge >= 0.3 is 0 Å². The quantitative estimate of drug-likeness (QED) is 0.851. The Balaban J connectivity index is 1.70. The van der Waals surface area contributed by atoms with Crippen LogP contribution in [0.1, 0.15) is 37.9 Å². The van der Waals surface area contributed by atoms with Gasteiger partial charge in [0, 0.05) is 6.54 Å². The molecule has 1 fully saturated rings. The first kappa shape index (κ1) is 14.0. The Morgan fingerprint density at radius 2 is 2.16 bits per heavy atom. The van der Waals surface area contributed by atoms with Crippen molar-refractivity contribution in [3.8, 4) is 0 Å². The third-order valence-electron chi connectivity index (χ3n) is 3.43. The molecule has 0 bridgehead atoms. The summed E-state index contributed by atoms with van der Waals surface area (Å²) in [6, 6.07) is 9.47. The minimum atomic E-state index is -0.537. The van der Waals surface area contributed by atoms with Crippen LogP contribution in [0.3, 0.4) is 0 Å². The van der Waals surface area contributed by atoms with Crippen LogP contribution in [0.15, 0.2) is 30.3 Å². The van der Waals surface area contributed by atoms with Crippen molar-refractivity contribution < 1.29 is 14.6 Å². The maximum atomic E-state index is 11.8. The van der Waals surface area contributed by atoms with Crippen molar-refractivity contribution in [2.24, 2.45) is 0 Å². The average Bonchev–Trinajstić information content (AvgIpc) is 2.86. The number of nitrogens with one attached hydrogen (secondary N) is 1. The standard InChI is InChI=1S/C15H21NO3/c1-11-7-8-14(19-11)15(18)16-10-9-13(17)12-5-3-2-4-6-12/h2-6,11,13-14,17H,7-10H2,1H3,(H,16,18). The summed E-state index contributed by atoms with van der Waals surface area (Å²) in [7, 11) is 0. The molecule has 1 aromatic rings. The molecule has 0 aromatic heterocycles. The molecule has 0 aliphatic carbocycles. The Bertz CT molecular complexity index is 407. The third-order valence-corrected chi connectivity index (χ3v) is 3.43. The number of hydrogen-bond donors (Lipinski definition) is 2. The topological polar surface area (TPSA) is 58.6 Å². The van der Waals surface area contributed by atoms with Crippen molar-refractivity contribution in [1.82, 2.24) is 5.32 Å². The molecule has 0 spiro atoms. The predicted molar refractivity (Wildman–Crippen MR) is 72.6 cm³/mol. The van der Waals surface area contributed by atoms with E-state index >= 15 is 0 Å². The molecule has 0 saturated carbocycles. The first-order valence-corrected chi connectivity index (χ1v) is 6.83. The Morgan fingerprint density at radius 1 is 1.42 bits per heavy atom. The van der Waals surface area contributed by atoms with Gasteiger partial charge in [-0.3, -0.25) is 4.79 Å². The summed E-state index contributed by atoms with van der Waals surface area (Å²) in [5.41, 5.74) is 0.877. The number of aliphatic hydroxyl groups is 1. The smallest absolute Gasteiger partial charge is 0.249 e. The lowest BCUT2D eigenvalue weighted by atomic mass is 10.1. The van der Waals surface area contributed by atoms with Crippen LogP contribution in [0.25, 0.3) is 0 Å². The molecule has 1 amide bonds. The molecule has 1 aromatic carbocycles. The Hall–Kier alpha value is -1.39. The highest BCUT2D eigenvalue weighted by Gasteiger charge is 2.27. The third kappa shape index (κ3) is 4.04. The van der Waals surface area contributed by atoms with E-state index in [0.29, 0.717) is 13.0 Å². The number of aliphatic hydroxyl groups excluding tert-OH is 1. The van der Waals surface area contributed by atoms with Crippen molar-refractivity contribution in [3.63, 3.8) is 0 Å². The SMILES string of the molecule is CC1CCC(C(=O)NCCC(O)c2ccccc2)O1. The molecule has 19 heavy (non-hydrogen) atoms. The van der Waals surface area contributed by atoms with Crippen LogP contribution in [0.2, 0.25) is 0 Å². The summed E-state index contributed by atoms with van der Waals surface area (Å²) in [6.45, 7) is 2.44. The number of benzene rings is 1. The molecule has 2 rings (SSSR count). The van der Waals surface area contributed by atoms with Crippen LogP contribution in [0.5, 0.6) is 0 Å². The second-order valence-electron chi connectivity index (χ2n) is 5.02. The molecule has 104 valence electrons. The fourth-order valence-corrected chi connectivity index (χ4v) is 2.28. The number of ether oxygens (including phenoxy) is 1. The Labute approximate surface area is 113 Å². The lowest BCUT2D eigenvalue weighted by Crippen LogP contribution is -2.35. The largest absolute Gasteiger partial charge is 0.388 e. The van der Waals surface area contributed by atoms with Crippen LogP contribution in [-0.2, 0) is 9.53 Å². The van der Waals surface area contributed by atoms with E-state index in [4.69, 9.17) is 4.74 Å². The summed E-state index contributed by atoms with van der Waals surface area (Å²) < 4.78 is 5.49. The number of hydrogen-bond acceptors (Lipinski definition) is 3. The molecule has 3 atom stereocenters. The zero-order chi connectivity index (χ0) is 13.7. The number of carbonyl (C=O) groups excluding carboxylic acids is 1. The number of carbonyl (C=O) groups is 1. The predicted octanol–water partition coefficient (Wildman–Crippen LogP) is 1.79. The highest BCUT2D eigenvalue weighted by Crippen LogP contribution is 2.19. The molecule has 1 aliphatic heterocycles. The maximum absolute atomic E-state index is 11.8. The van der Waals surface area contributed by atoms with Crippen molar-refractivity contribution in [1.29, 1.82) is 0 Å². The van der Waals surface area contributed by atoms with E-state index in [1.54, 1.807) is 0 Å². The molecule has 0 radical (unpaired) electrons. The van der Waals surface area contributed by atoms with Gasteiger partial charge < -0.3 is 15.2 Å². The van der Waals surface area contributed by atoms with Gasteiger partial charge in [0.25, 0.3) is 0 Å². The van der Waals surface area contributed by atoms with Gasteiger partial charge in [-0.15, -0.1) is 0 Å². The molecule has 1 saturated heterocycles. The zero-order valence-electron chi connectivity index (χ0n) is 11.2. The minimum absolute atomic E-state index is 0.0652. The molecular weight excluding hydrogens is 242 g/mol. The van der Waals surface area contributed by atoms with E-state index in [1.165, 1.54) is 0 Å². The van der Waals surface area contributed by atoms with Crippen molar-refractivity contribution in [2.45, 2.75) is 44.5 Å². The second kappa shape index (κ2) is 6.68. The molecular formula is C15H21NO3. The molecule has 2 N–H and O–H groups in total. The highest BCUT2D eigenvalue weighted by molar-refractivity contribution is 5.80. The normalized spacial score (nSPS) is 24.1. The van der Waals surface area contributed by atoms with E-state index in [-0.39, 0.29) is 18.1 Å². The maximum Gasteiger partial charge on any atom is 0.249 e. The van der Waals surface area contributed by atoms with E-state index in [2.05, 4.69) is 5.32 Å². The lowest BCUT2D eigenvalue weighted by Gasteiger charge is -2.14. The van der Waals surface area contributed by atoms with E-state index < -0.39 is 6.10 Å². The van der Waals surface area contributed by atoms with Crippen LogP contribution in [0, 0.1) is 0 Å².